The molecule has 20 heavy (non-hydrogen) atoms. The highest BCUT2D eigenvalue weighted by atomic mass is 35.5. The van der Waals surface area contributed by atoms with Crippen molar-refractivity contribution < 1.29 is 19.6 Å². The van der Waals surface area contributed by atoms with Crippen molar-refractivity contribution in [3.63, 3.8) is 0 Å². The topological polar surface area (TPSA) is 110 Å². The van der Waals surface area contributed by atoms with Crippen LogP contribution < -0.4 is 5.32 Å². The Hall–Kier alpha value is -2.15. The van der Waals surface area contributed by atoms with Crippen LogP contribution in [-0.2, 0) is 4.79 Å². The smallest absolute Gasteiger partial charge is 0.326 e. The van der Waals surface area contributed by atoms with E-state index in [-0.39, 0.29) is 22.7 Å². The van der Waals surface area contributed by atoms with Crippen LogP contribution in [-0.4, -0.2) is 27.9 Å². The second kappa shape index (κ2) is 6.85. The number of carbonyl (C=O) groups excluding carboxylic acids is 1. The van der Waals surface area contributed by atoms with Crippen molar-refractivity contribution in [3.8, 4) is 0 Å². The Morgan fingerprint density at radius 2 is 2.15 bits per heavy atom. The van der Waals surface area contributed by atoms with E-state index >= 15 is 0 Å². The predicted octanol–water partition coefficient (Wildman–Crippen LogP) is 2.23. The molecule has 0 heterocycles. The lowest BCUT2D eigenvalue weighted by Crippen LogP contribution is -2.40. The standard InChI is InChI=1S/C12H13ClN2O5/c1-2-3-10(12(17)18)14-11(16)8-6-7(15(19)20)4-5-9(8)13/h4-6,10H,2-3H2,1H3,(H,14,16)(H,17,18)/t10-/m1/s1. The fourth-order valence-corrected chi connectivity index (χ4v) is 1.79. The number of carboxylic acid groups (broad SMARTS) is 1. The molecule has 0 fully saturated rings. The number of non-ortho nitro benzene ring substituents is 1. The molecule has 0 bridgehead atoms. The summed E-state index contributed by atoms with van der Waals surface area (Å²) in [6.45, 7) is 1.78. The zero-order chi connectivity index (χ0) is 15.3. The lowest BCUT2D eigenvalue weighted by molar-refractivity contribution is -0.384. The highest BCUT2D eigenvalue weighted by molar-refractivity contribution is 6.34. The first-order chi connectivity index (χ1) is 9.36. The molecule has 1 rings (SSSR count). The SMILES string of the molecule is CCC[C@@H](NC(=O)c1cc([N+](=O)[O-])ccc1Cl)C(=O)O. The maximum Gasteiger partial charge on any atom is 0.326 e. The van der Waals surface area contributed by atoms with Crippen molar-refractivity contribution in [1.29, 1.82) is 0 Å². The Morgan fingerprint density at radius 1 is 1.50 bits per heavy atom. The maximum absolute atomic E-state index is 11.9. The van der Waals surface area contributed by atoms with Gasteiger partial charge >= 0.3 is 5.97 Å². The van der Waals surface area contributed by atoms with Gasteiger partial charge in [0.15, 0.2) is 0 Å². The van der Waals surface area contributed by atoms with Crippen LogP contribution in [0.4, 0.5) is 5.69 Å². The van der Waals surface area contributed by atoms with E-state index in [1.807, 2.05) is 0 Å². The van der Waals surface area contributed by atoms with Crippen molar-refractivity contribution in [2.75, 3.05) is 0 Å². The quantitative estimate of drug-likeness (QED) is 0.618. The molecule has 1 aromatic carbocycles. The zero-order valence-corrected chi connectivity index (χ0v) is 11.4. The number of hydrogen-bond donors (Lipinski definition) is 2. The number of benzene rings is 1. The molecule has 0 aliphatic heterocycles. The lowest BCUT2D eigenvalue weighted by atomic mass is 10.1. The normalized spacial score (nSPS) is 11.7. The number of rotatable bonds is 6. The van der Waals surface area contributed by atoms with Crippen molar-refractivity contribution in [1.82, 2.24) is 5.32 Å². The Labute approximate surface area is 119 Å². The molecule has 8 heteroatoms. The first-order valence-corrected chi connectivity index (χ1v) is 6.22. The van der Waals surface area contributed by atoms with E-state index in [2.05, 4.69) is 5.32 Å². The lowest BCUT2D eigenvalue weighted by Gasteiger charge is -2.14. The molecule has 0 saturated heterocycles. The molecule has 1 aromatic rings. The molecule has 1 atom stereocenters. The van der Waals surface area contributed by atoms with Crippen LogP contribution >= 0.6 is 11.6 Å². The molecule has 0 spiro atoms. The maximum atomic E-state index is 11.9. The minimum atomic E-state index is -1.17. The molecule has 0 aliphatic rings. The molecular weight excluding hydrogens is 288 g/mol. The fraction of sp³-hybridized carbons (Fsp3) is 0.333. The Kier molecular flexibility index (Phi) is 5.45. The number of amides is 1. The third-order valence-electron chi connectivity index (χ3n) is 2.59. The number of nitro benzene ring substituents is 1. The molecule has 108 valence electrons. The number of nitrogens with zero attached hydrogens (tertiary/aromatic N) is 1. The summed E-state index contributed by atoms with van der Waals surface area (Å²) in [6, 6.07) is 2.36. The van der Waals surface area contributed by atoms with Crippen molar-refractivity contribution >= 4 is 29.2 Å². The average Bonchev–Trinajstić information content (AvgIpc) is 2.38. The Morgan fingerprint density at radius 3 is 2.65 bits per heavy atom. The first-order valence-electron chi connectivity index (χ1n) is 5.84. The van der Waals surface area contributed by atoms with Gasteiger partial charge in [0, 0.05) is 12.1 Å². The van der Waals surface area contributed by atoms with Crippen LogP contribution in [0.5, 0.6) is 0 Å². The summed E-state index contributed by atoms with van der Waals surface area (Å²) >= 11 is 5.81. The van der Waals surface area contributed by atoms with Gasteiger partial charge < -0.3 is 10.4 Å². The van der Waals surface area contributed by atoms with Gasteiger partial charge in [0.2, 0.25) is 0 Å². The van der Waals surface area contributed by atoms with Gasteiger partial charge in [-0.2, -0.15) is 0 Å². The number of aliphatic carboxylic acids is 1. The van der Waals surface area contributed by atoms with E-state index in [9.17, 15) is 19.7 Å². The highest BCUT2D eigenvalue weighted by Gasteiger charge is 2.22. The molecule has 0 radical (unpaired) electrons. The molecule has 1 amide bonds. The van der Waals surface area contributed by atoms with Crippen LogP contribution in [0.25, 0.3) is 0 Å². The van der Waals surface area contributed by atoms with Crippen molar-refractivity contribution in [2.45, 2.75) is 25.8 Å². The van der Waals surface area contributed by atoms with Gasteiger partial charge in [-0.1, -0.05) is 24.9 Å². The molecule has 2 N–H and O–H groups in total. The van der Waals surface area contributed by atoms with Crippen LogP contribution in [0.1, 0.15) is 30.1 Å². The van der Waals surface area contributed by atoms with Crippen LogP contribution in [0.2, 0.25) is 5.02 Å². The zero-order valence-electron chi connectivity index (χ0n) is 10.6. The molecule has 0 unspecified atom stereocenters. The molecule has 0 saturated carbocycles. The van der Waals surface area contributed by atoms with E-state index in [1.165, 1.54) is 12.1 Å². The largest absolute Gasteiger partial charge is 0.480 e. The summed E-state index contributed by atoms with van der Waals surface area (Å²) in [6.07, 6.45) is 0.827. The molecule has 0 aromatic heterocycles. The summed E-state index contributed by atoms with van der Waals surface area (Å²) in [4.78, 5) is 32.9. The number of nitrogens with one attached hydrogen (secondary N) is 1. The summed E-state index contributed by atoms with van der Waals surface area (Å²) in [5.74, 6) is -1.92. The van der Waals surface area contributed by atoms with E-state index in [4.69, 9.17) is 16.7 Å². The van der Waals surface area contributed by atoms with Gasteiger partial charge in [-0.3, -0.25) is 14.9 Å². The van der Waals surface area contributed by atoms with E-state index in [0.717, 1.165) is 6.07 Å². The third kappa shape index (κ3) is 3.92. The third-order valence-corrected chi connectivity index (χ3v) is 2.92. The number of carboxylic acids is 1. The van der Waals surface area contributed by atoms with E-state index in [0.29, 0.717) is 6.42 Å². The van der Waals surface area contributed by atoms with Crippen LogP contribution in [0.3, 0.4) is 0 Å². The fourth-order valence-electron chi connectivity index (χ4n) is 1.58. The summed E-state index contributed by atoms with van der Waals surface area (Å²) in [5.41, 5.74) is -0.412. The van der Waals surface area contributed by atoms with Gasteiger partial charge in [0.25, 0.3) is 11.6 Å². The molecule has 7 nitrogen and oxygen atoms in total. The van der Waals surface area contributed by atoms with E-state index in [1.54, 1.807) is 6.92 Å². The van der Waals surface area contributed by atoms with Gasteiger partial charge in [-0.25, -0.2) is 4.79 Å². The van der Waals surface area contributed by atoms with Gasteiger partial charge in [0.1, 0.15) is 6.04 Å². The number of carbonyl (C=O) groups is 2. The van der Waals surface area contributed by atoms with Gasteiger partial charge in [0.05, 0.1) is 15.5 Å². The van der Waals surface area contributed by atoms with Crippen LogP contribution in [0.15, 0.2) is 18.2 Å². The monoisotopic (exact) mass is 300 g/mol. The minimum Gasteiger partial charge on any atom is -0.480 e. The average molecular weight is 301 g/mol. The first kappa shape index (κ1) is 15.9. The number of halogens is 1. The number of hydrogen-bond acceptors (Lipinski definition) is 4. The van der Waals surface area contributed by atoms with Gasteiger partial charge in [-0.05, 0) is 12.5 Å². The summed E-state index contributed by atoms with van der Waals surface area (Å²) in [7, 11) is 0. The van der Waals surface area contributed by atoms with Gasteiger partial charge in [-0.15, -0.1) is 0 Å². The Bertz CT molecular complexity index is 547. The second-order valence-electron chi connectivity index (χ2n) is 4.07. The van der Waals surface area contributed by atoms with Crippen LogP contribution in [0, 0.1) is 10.1 Å². The van der Waals surface area contributed by atoms with E-state index < -0.39 is 22.8 Å². The summed E-state index contributed by atoms with van der Waals surface area (Å²) in [5, 5.41) is 21.9. The Balaban J connectivity index is 2.99. The van der Waals surface area contributed by atoms with Crippen molar-refractivity contribution in [3.05, 3.63) is 38.9 Å². The molecule has 0 aliphatic carbocycles. The minimum absolute atomic E-state index is 0.0220. The second-order valence-corrected chi connectivity index (χ2v) is 4.48. The highest BCUT2D eigenvalue weighted by Crippen LogP contribution is 2.22. The molecular formula is C12H13ClN2O5. The van der Waals surface area contributed by atoms with Crippen molar-refractivity contribution in [2.24, 2.45) is 0 Å². The summed E-state index contributed by atoms with van der Waals surface area (Å²) < 4.78 is 0. The predicted molar refractivity (Wildman–Crippen MR) is 71.9 cm³/mol. The number of nitro groups is 1.